The molecular formula is C27H32N2O5. The summed E-state index contributed by atoms with van der Waals surface area (Å²) in [5.41, 5.74) is 2.51. The van der Waals surface area contributed by atoms with Crippen LogP contribution in [0, 0.1) is 11.3 Å². The van der Waals surface area contributed by atoms with Crippen molar-refractivity contribution in [1.82, 2.24) is 4.90 Å². The Morgan fingerprint density at radius 1 is 1.03 bits per heavy atom. The molecule has 2 aliphatic rings. The summed E-state index contributed by atoms with van der Waals surface area (Å²) in [6.07, 6.45) is 4.11. The number of nitrogens with zero attached hydrogens (tertiary/aromatic N) is 2. The van der Waals surface area contributed by atoms with Crippen molar-refractivity contribution >= 4 is 6.09 Å². The molecule has 0 spiro atoms. The van der Waals surface area contributed by atoms with Gasteiger partial charge in [0.2, 0.25) is 0 Å². The molecule has 2 saturated heterocycles. The van der Waals surface area contributed by atoms with Gasteiger partial charge in [-0.05, 0) is 55.4 Å². The number of carbonyl (C=O) groups excluding carboxylic acids is 1. The van der Waals surface area contributed by atoms with E-state index in [1.165, 1.54) is 0 Å². The van der Waals surface area contributed by atoms with Crippen molar-refractivity contribution in [3.05, 3.63) is 71.3 Å². The number of carbonyl (C=O) groups is 1. The maximum Gasteiger partial charge on any atom is 0.410 e. The predicted molar refractivity (Wildman–Crippen MR) is 126 cm³/mol. The second kappa shape index (κ2) is 12.5. The van der Waals surface area contributed by atoms with Crippen LogP contribution < -0.4 is 0 Å². The molecule has 2 aromatic rings. The van der Waals surface area contributed by atoms with Crippen molar-refractivity contribution in [3.63, 3.8) is 0 Å². The Morgan fingerprint density at radius 2 is 1.82 bits per heavy atom. The van der Waals surface area contributed by atoms with E-state index in [0.29, 0.717) is 31.7 Å². The first-order chi connectivity index (χ1) is 16.7. The van der Waals surface area contributed by atoms with E-state index in [1.807, 2.05) is 42.5 Å². The Bertz CT molecular complexity index is 938. The number of nitriles is 1. The van der Waals surface area contributed by atoms with Gasteiger partial charge in [0, 0.05) is 13.2 Å². The molecular weight excluding hydrogens is 432 g/mol. The Balaban J connectivity index is 1.34. The van der Waals surface area contributed by atoms with Crippen LogP contribution in [-0.2, 0) is 25.6 Å². The van der Waals surface area contributed by atoms with Crippen molar-refractivity contribution in [2.75, 3.05) is 26.4 Å². The van der Waals surface area contributed by atoms with Gasteiger partial charge in [0.25, 0.3) is 0 Å². The highest BCUT2D eigenvalue weighted by Crippen LogP contribution is 2.33. The van der Waals surface area contributed by atoms with Crippen molar-refractivity contribution in [2.24, 2.45) is 0 Å². The maximum atomic E-state index is 13.0. The third-order valence-electron chi connectivity index (χ3n) is 6.30. The average Bonchev–Trinajstić information content (AvgIpc) is 2.91. The van der Waals surface area contributed by atoms with Gasteiger partial charge in [-0.2, -0.15) is 5.26 Å². The average molecular weight is 465 g/mol. The van der Waals surface area contributed by atoms with Crippen LogP contribution in [0.15, 0.2) is 54.6 Å². The van der Waals surface area contributed by atoms with E-state index in [-0.39, 0.29) is 31.1 Å². The minimum absolute atomic E-state index is 0.00897. The lowest BCUT2D eigenvalue weighted by atomic mass is 9.93. The predicted octanol–water partition coefficient (Wildman–Crippen LogP) is 4.96. The van der Waals surface area contributed by atoms with Gasteiger partial charge in [-0.1, -0.05) is 42.5 Å². The van der Waals surface area contributed by atoms with Crippen LogP contribution >= 0.6 is 0 Å². The minimum Gasteiger partial charge on any atom is -0.445 e. The zero-order valence-corrected chi connectivity index (χ0v) is 19.4. The lowest BCUT2D eigenvalue weighted by Gasteiger charge is -2.39. The smallest absolute Gasteiger partial charge is 0.410 e. The number of ether oxygens (including phenoxy) is 4. The van der Waals surface area contributed by atoms with Crippen LogP contribution in [0.25, 0.3) is 0 Å². The molecule has 3 atom stereocenters. The zero-order valence-electron chi connectivity index (χ0n) is 19.4. The molecule has 1 unspecified atom stereocenters. The topological polar surface area (TPSA) is 81.0 Å². The maximum absolute atomic E-state index is 13.0. The molecule has 0 saturated carbocycles. The summed E-state index contributed by atoms with van der Waals surface area (Å²) in [5, 5.41) is 9.14. The second-order valence-electron chi connectivity index (χ2n) is 8.67. The molecule has 0 bridgehead atoms. The first-order valence-electron chi connectivity index (χ1n) is 12.0. The van der Waals surface area contributed by atoms with Crippen molar-refractivity contribution in [3.8, 4) is 6.07 Å². The number of hydrogen-bond acceptors (Lipinski definition) is 6. The van der Waals surface area contributed by atoms with Gasteiger partial charge in [-0.15, -0.1) is 0 Å². The Hall–Kier alpha value is -2.92. The van der Waals surface area contributed by atoms with E-state index < -0.39 is 0 Å². The van der Waals surface area contributed by atoms with Gasteiger partial charge in [-0.3, -0.25) is 0 Å². The number of rotatable bonds is 8. The van der Waals surface area contributed by atoms with E-state index in [9.17, 15) is 4.79 Å². The summed E-state index contributed by atoms with van der Waals surface area (Å²) in [4.78, 5) is 14.8. The molecule has 2 aliphatic heterocycles. The molecule has 0 N–H and O–H groups in total. The molecule has 4 rings (SSSR count). The van der Waals surface area contributed by atoms with Crippen LogP contribution in [-0.4, -0.2) is 49.8 Å². The van der Waals surface area contributed by atoms with Crippen LogP contribution in [0.2, 0.25) is 0 Å². The second-order valence-corrected chi connectivity index (χ2v) is 8.67. The molecule has 0 aliphatic carbocycles. The van der Waals surface area contributed by atoms with E-state index in [0.717, 1.165) is 43.4 Å². The third kappa shape index (κ3) is 6.80. The number of benzene rings is 2. The zero-order chi connectivity index (χ0) is 23.6. The Kier molecular flexibility index (Phi) is 8.91. The SMILES string of the molecule is N#Cc1ccc([C@@H]2C[C@@H](OCCOC3CCCCO3)CCN2C(=O)OCc2ccccc2)cc1. The summed E-state index contributed by atoms with van der Waals surface area (Å²) in [5.74, 6) is 0. The first kappa shape index (κ1) is 24.2. The summed E-state index contributed by atoms with van der Waals surface area (Å²) in [6.45, 7) is 2.51. The lowest BCUT2D eigenvalue weighted by molar-refractivity contribution is -0.172. The fourth-order valence-electron chi connectivity index (χ4n) is 4.44. The van der Waals surface area contributed by atoms with Gasteiger partial charge < -0.3 is 23.8 Å². The molecule has 7 heteroatoms. The first-order valence-corrected chi connectivity index (χ1v) is 12.0. The van der Waals surface area contributed by atoms with Crippen LogP contribution in [0.3, 0.4) is 0 Å². The Morgan fingerprint density at radius 3 is 2.56 bits per heavy atom. The van der Waals surface area contributed by atoms with E-state index in [1.54, 1.807) is 17.0 Å². The van der Waals surface area contributed by atoms with E-state index >= 15 is 0 Å². The fourth-order valence-corrected chi connectivity index (χ4v) is 4.44. The van der Waals surface area contributed by atoms with Crippen molar-refractivity contribution in [1.29, 1.82) is 5.26 Å². The number of hydrogen-bond donors (Lipinski definition) is 0. The van der Waals surface area contributed by atoms with Gasteiger partial charge in [0.1, 0.15) is 6.61 Å². The monoisotopic (exact) mass is 464 g/mol. The largest absolute Gasteiger partial charge is 0.445 e. The lowest BCUT2D eigenvalue weighted by Crippen LogP contribution is -2.43. The highest BCUT2D eigenvalue weighted by Gasteiger charge is 2.34. The summed E-state index contributed by atoms with van der Waals surface area (Å²) in [7, 11) is 0. The van der Waals surface area contributed by atoms with E-state index in [4.69, 9.17) is 24.2 Å². The Labute approximate surface area is 201 Å². The minimum atomic E-state index is -0.338. The summed E-state index contributed by atoms with van der Waals surface area (Å²) < 4.78 is 23.1. The molecule has 7 nitrogen and oxygen atoms in total. The molecule has 0 aromatic heterocycles. The quantitative estimate of drug-likeness (QED) is 0.514. The summed E-state index contributed by atoms with van der Waals surface area (Å²) >= 11 is 0. The number of piperidine rings is 1. The molecule has 0 radical (unpaired) electrons. The third-order valence-corrected chi connectivity index (χ3v) is 6.30. The standard InChI is InChI=1S/C27H32N2O5/c28-19-21-9-11-23(12-10-21)25-18-24(31-16-17-33-26-8-4-5-15-32-26)13-14-29(25)27(30)34-20-22-6-2-1-3-7-22/h1-3,6-7,9-12,24-26H,4-5,8,13-18,20H2/t24-,25-,26?/m0/s1. The van der Waals surface area contributed by atoms with Gasteiger partial charge in [-0.25, -0.2) is 4.79 Å². The molecule has 2 aromatic carbocycles. The van der Waals surface area contributed by atoms with Gasteiger partial charge in [0.15, 0.2) is 6.29 Å². The van der Waals surface area contributed by atoms with Gasteiger partial charge in [0.05, 0.1) is 37.0 Å². The van der Waals surface area contributed by atoms with E-state index in [2.05, 4.69) is 6.07 Å². The molecule has 34 heavy (non-hydrogen) atoms. The molecule has 2 fully saturated rings. The number of likely N-dealkylation sites (tertiary alicyclic amines) is 1. The normalized spacial score (nSPS) is 22.7. The molecule has 2 heterocycles. The van der Waals surface area contributed by atoms with Crippen molar-refractivity contribution < 1.29 is 23.7 Å². The molecule has 180 valence electrons. The van der Waals surface area contributed by atoms with Crippen LogP contribution in [0.5, 0.6) is 0 Å². The fraction of sp³-hybridized carbons (Fsp3) is 0.481. The number of amides is 1. The van der Waals surface area contributed by atoms with Crippen LogP contribution in [0.4, 0.5) is 4.79 Å². The molecule has 1 amide bonds. The highest BCUT2D eigenvalue weighted by molar-refractivity contribution is 5.68. The van der Waals surface area contributed by atoms with Crippen LogP contribution in [0.1, 0.15) is 54.8 Å². The van der Waals surface area contributed by atoms with Crippen molar-refractivity contribution in [2.45, 2.75) is 57.1 Å². The highest BCUT2D eigenvalue weighted by atomic mass is 16.7. The van der Waals surface area contributed by atoms with Gasteiger partial charge >= 0.3 is 6.09 Å². The summed E-state index contributed by atoms with van der Waals surface area (Å²) in [6, 6.07) is 19.0.